The van der Waals surface area contributed by atoms with Crippen LogP contribution in [0.2, 0.25) is 0 Å². The van der Waals surface area contributed by atoms with Crippen LogP contribution in [0, 0.1) is 0 Å². The Morgan fingerprint density at radius 2 is 1.84 bits per heavy atom. The summed E-state index contributed by atoms with van der Waals surface area (Å²) in [6, 6.07) is 0.163. The van der Waals surface area contributed by atoms with E-state index in [1.807, 2.05) is 4.90 Å². The summed E-state index contributed by atoms with van der Waals surface area (Å²) in [6.45, 7) is 7.68. The molecule has 1 unspecified atom stereocenters. The van der Waals surface area contributed by atoms with Crippen molar-refractivity contribution >= 4 is 11.9 Å². The van der Waals surface area contributed by atoms with Crippen molar-refractivity contribution in [2.75, 3.05) is 26.7 Å². The Kier molecular flexibility index (Phi) is 5.54. The van der Waals surface area contributed by atoms with Crippen LogP contribution in [-0.2, 0) is 9.59 Å². The van der Waals surface area contributed by atoms with Gasteiger partial charge in [0.25, 0.3) is 0 Å². The fraction of sp³-hybridized carbons (Fsp3) is 0.714. The van der Waals surface area contributed by atoms with E-state index in [4.69, 9.17) is 5.11 Å². The third-order valence-corrected chi connectivity index (χ3v) is 3.84. The average molecular weight is 268 g/mol. The fourth-order valence-corrected chi connectivity index (χ4v) is 2.40. The van der Waals surface area contributed by atoms with Crippen LogP contribution in [-0.4, -0.2) is 59.5 Å². The molecule has 1 saturated heterocycles. The van der Waals surface area contributed by atoms with Gasteiger partial charge in [0, 0.05) is 30.3 Å². The Labute approximate surface area is 114 Å². The first-order chi connectivity index (χ1) is 8.88. The molecular weight excluding hydrogens is 244 g/mol. The van der Waals surface area contributed by atoms with Gasteiger partial charge in [0.1, 0.15) is 0 Å². The third kappa shape index (κ3) is 3.80. The molecule has 5 nitrogen and oxygen atoms in total. The maximum absolute atomic E-state index is 12.5. The molecule has 0 bridgehead atoms. The number of carboxylic acids is 1. The molecule has 1 fully saturated rings. The summed E-state index contributed by atoms with van der Waals surface area (Å²) >= 11 is 0. The monoisotopic (exact) mass is 268 g/mol. The number of carboxylic acid groups (broad SMARTS) is 1. The molecule has 0 aliphatic carbocycles. The molecule has 1 amide bonds. The minimum atomic E-state index is -1.02. The second-order valence-electron chi connectivity index (χ2n) is 5.23. The highest BCUT2D eigenvalue weighted by atomic mass is 16.4. The number of amides is 1. The molecule has 19 heavy (non-hydrogen) atoms. The summed E-state index contributed by atoms with van der Waals surface area (Å²) < 4.78 is 0. The summed E-state index contributed by atoms with van der Waals surface area (Å²) in [6.07, 6.45) is 1.81. The first-order valence-corrected chi connectivity index (χ1v) is 6.78. The van der Waals surface area contributed by atoms with Gasteiger partial charge in [-0.1, -0.05) is 6.92 Å². The van der Waals surface area contributed by atoms with Gasteiger partial charge >= 0.3 is 5.97 Å². The zero-order valence-corrected chi connectivity index (χ0v) is 12.3. The summed E-state index contributed by atoms with van der Waals surface area (Å²) in [5.74, 6) is -1.16. The molecule has 1 N–H and O–H groups in total. The van der Waals surface area contributed by atoms with Gasteiger partial charge in [-0.15, -0.1) is 0 Å². The lowest BCUT2D eigenvalue weighted by atomic mass is 10.1. The van der Waals surface area contributed by atoms with Crippen LogP contribution < -0.4 is 0 Å². The minimum Gasteiger partial charge on any atom is -0.478 e. The molecule has 108 valence electrons. The molecule has 1 heterocycles. The molecular formula is C14H24N2O3. The highest BCUT2D eigenvalue weighted by Crippen LogP contribution is 2.17. The molecule has 5 heteroatoms. The number of nitrogens with zero attached hydrogens (tertiary/aromatic N) is 2. The minimum absolute atomic E-state index is 0.137. The number of carbonyl (C=O) groups excluding carboxylic acids is 1. The van der Waals surface area contributed by atoms with E-state index >= 15 is 0 Å². The number of carbonyl (C=O) groups is 2. The van der Waals surface area contributed by atoms with Crippen molar-refractivity contribution in [1.29, 1.82) is 0 Å². The third-order valence-electron chi connectivity index (χ3n) is 3.84. The highest BCUT2D eigenvalue weighted by molar-refractivity contribution is 6.01. The van der Waals surface area contributed by atoms with E-state index in [9.17, 15) is 9.59 Å². The molecule has 1 aliphatic heterocycles. The van der Waals surface area contributed by atoms with Crippen molar-refractivity contribution in [2.24, 2.45) is 0 Å². The van der Waals surface area contributed by atoms with Crippen LogP contribution >= 0.6 is 0 Å². The number of rotatable bonds is 3. The normalized spacial score (nSPS) is 22.7. The molecule has 0 saturated carbocycles. The van der Waals surface area contributed by atoms with E-state index in [-0.39, 0.29) is 17.5 Å². The molecule has 0 aromatic rings. The summed E-state index contributed by atoms with van der Waals surface area (Å²) in [7, 11) is 2.06. The van der Waals surface area contributed by atoms with E-state index in [0.717, 1.165) is 25.9 Å². The molecule has 1 atom stereocenters. The summed E-state index contributed by atoms with van der Waals surface area (Å²) in [5, 5.41) is 8.98. The highest BCUT2D eigenvalue weighted by Gasteiger charge is 2.28. The van der Waals surface area contributed by atoms with Gasteiger partial charge in [-0.2, -0.15) is 0 Å². The first kappa shape index (κ1) is 15.7. The zero-order chi connectivity index (χ0) is 14.6. The Balaban J connectivity index is 2.95. The predicted molar refractivity (Wildman–Crippen MR) is 73.9 cm³/mol. The lowest BCUT2D eigenvalue weighted by Gasteiger charge is -2.30. The summed E-state index contributed by atoms with van der Waals surface area (Å²) in [4.78, 5) is 27.5. The Hall–Kier alpha value is -1.36. The smallest absolute Gasteiger partial charge is 0.331 e. The van der Waals surface area contributed by atoms with E-state index in [2.05, 4.69) is 18.9 Å². The molecule has 0 radical (unpaired) electrons. The number of likely N-dealkylation sites (N-methyl/N-ethyl adjacent to an activating group) is 1. The lowest BCUT2D eigenvalue weighted by molar-refractivity contribution is -0.134. The van der Waals surface area contributed by atoms with Gasteiger partial charge in [-0.05, 0) is 40.3 Å². The van der Waals surface area contributed by atoms with Crippen LogP contribution in [0.25, 0.3) is 0 Å². The number of hydrogen-bond donors (Lipinski definition) is 1. The summed E-state index contributed by atoms with van der Waals surface area (Å²) in [5.41, 5.74) is 0.480. The Morgan fingerprint density at radius 1 is 1.21 bits per heavy atom. The van der Waals surface area contributed by atoms with Crippen molar-refractivity contribution in [3.8, 4) is 0 Å². The van der Waals surface area contributed by atoms with Crippen LogP contribution in [0.3, 0.4) is 0 Å². The van der Waals surface area contributed by atoms with Gasteiger partial charge < -0.3 is 14.9 Å². The second kappa shape index (κ2) is 6.70. The molecule has 0 spiro atoms. The van der Waals surface area contributed by atoms with E-state index in [1.54, 1.807) is 6.92 Å². The topological polar surface area (TPSA) is 60.9 Å². The largest absolute Gasteiger partial charge is 0.478 e. The van der Waals surface area contributed by atoms with Gasteiger partial charge in [0.2, 0.25) is 5.91 Å². The van der Waals surface area contributed by atoms with E-state index in [1.165, 1.54) is 6.92 Å². The molecule has 1 aliphatic rings. The molecule has 0 aromatic carbocycles. The zero-order valence-electron chi connectivity index (χ0n) is 12.3. The Bertz CT molecular complexity index is 390. The van der Waals surface area contributed by atoms with Crippen molar-refractivity contribution in [2.45, 2.75) is 39.7 Å². The van der Waals surface area contributed by atoms with Crippen LogP contribution in [0.4, 0.5) is 0 Å². The van der Waals surface area contributed by atoms with Crippen molar-refractivity contribution < 1.29 is 14.7 Å². The van der Waals surface area contributed by atoms with Gasteiger partial charge in [0.05, 0.1) is 0 Å². The number of aliphatic carboxylic acids is 1. The lowest BCUT2D eigenvalue weighted by Crippen LogP contribution is -2.44. The van der Waals surface area contributed by atoms with Crippen LogP contribution in [0.1, 0.15) is 33.6 Å². The quantitative estimate of drug-likeness (QED) is 0.785. The molecule has 0 aromatic heterocycles. The van der Waals surface area contributed by atoms with Crippen LogP contribution in [0.5, 0.6) is 0 Å². The molecule has 1 rings (SSSR count). The van der Waals surface area contributed by atoms with E-state index < -0.39 is 5.97 Å². The van der Waals surface area contributed by atoms with Gasteiger partial charge in [-0.25, -0.2) is 4.79 Å². The van der Waals surface area contributed by atoms with Crippen molar-refractivity contribution in [3.63, 3.8) is 0 Å². The average Bonchev–Trinajstić information content (AvgIpc) is 2.57. The predicted octanol–water partition coefficient (Wildman–Crippen LogP) is 1.35. The Morgan fingerprint density at radius 3 is 2.37 bits per heavy atom. The van der Waals surface area contributed by atoms with Crippen LogP contribution in [0.15, 0.2) is 11.1 Å². The fourth-order valence-electron chi connectivity index (χ4n) is 2.40. The number of hydrogen-bond acceptors (Lipinski definition) is 3. The van der Waals surface area contributed by atoms with Gasteiger partial charge in [-0.3, -0.25) is 4.79 Å². The first-order valence-electron chi connectivity index (χ1n) is 6.78. The van der Waals surface area contributed by atoms with Gasteiger partial charge in [0.15, 0.2) is 0 Å². The maximum Gasteiger partial charge on any atom is 0.331 e. The second-order valence-corrected chi connectivity index (χ2v) is 5.23. The maximum atomic E-state index is 12.5. The standard InChI is InChI=1S/C14H24N2O3/c1-5-12-9-15(4)7-6-8-16(12)13(17)10(2)11(3)14(18)19/h12H,5-9H2,1-4H3,(H,18,19). The van der Waals surface area contributed by atoms with Crippen molar-refractivity contribution in [1.82, 2.24) is 9.80 Å². The van der Waals surface area contributed by atoms with E-state index in [0.29, 0.717) is 12.1 Å². The van der Waals surface area contributed by atoms with Crippen molar-refractivity contribution in [3.05, 3.63) is 11.1 Å². The SMILES string of the molecule is CCC1CN(C)CCCN1C(=O)C(C)=C(C)C(=O)O.